The summed E-state index contributed by atoms with van der Waals surface area (Å²) in [6.45, 7) is 2.26. The summed E-state index contributed by atoms with van der Waals surface area (Å²) in [5.74, 6) is 1.58. The lowest BCUT2D eigenvalue weighted by Crippen LogP contribution is -2.05. The summed E-state index contributed by atoms with van der Waals surface area (Å²) < 4.78 is 2.12. The molecule has 1 unspecified atom stereocenters. The molecule has 6 heteroatoms. The predicted molar refractivity (Wildman–Crippen MR) is 193 cm³/mol. The minimum atomic E-state index is 0.218. The van der Waals surface area contributed by atoms with Gasteiger partial charge >= 0.3 is 0 Å². The first-order valence-electron chi connectivity index (χ1n) is 16.2. The Balaban J connectivity index is 1.30. The van der Waals surface area contributed by atoms with Gasteiger partial charge < -0.3 is 4.57 Å². The lowest BCUT2D eigenvalue weighted by molar-refractivity contribution is 0.958. The zero-order valence-corrected chi connectivity index (χ0v) is 26.5. The highest BCUT2D eigenvalue weighted by molar-refractivity contribution is 6.11. The molecule has 9 rings (SSSR count). The van der Waals surface area contributed by atoms with E-state index in [1.807, 2.05) is 84.9 Å². The van der Waals surface area contributed by atoms with Crippen LogP contribution >= 0.6 is 0 Å². The lowest BCUT2D eigenvalue weighted by atomic mass is 9.97. The van der Waals surface area contributed by atoms with Crippen molar-refractivity contribution in [3.05, 3.63) is 156 Å². The average molecular weight is 627 g/mol. The number of hydrogen-bond donors (Lipinski definition) is 0. The molecule has 1 aliphatic carbocycles. The van der Waals surface area contributed by atoms with E-state index in [4.69, 9.17) is 15.0 Å². The van der Waals surface area contributed by atoms with Crippen molar-refractivity contribution in [1.29, 1.82) is 10.5 Å². The van der Waals surface area contributed by atoms with Crippen LogP contribution in [0.3, 0.4) is 0 Å². The third kappa shape index (κ3) is 4.36. The first-order valence-corrected chi connectivity index (χ1v) is 16.2. The van der Waals surface area contributed by atoms with Gasteiger partial charge in [0, 0.05) is 33.4 Å². The fourth-order valence-corrected chi connectivity index (χ4v) is 7.29. The number of aromatic nitrogens is 4. The zero-order valence-electron chi connectivity index (χ0n) is 26.5. The second-order valence-electron chi connectivity index (χ2n) is 12.3. The standard InChI is InChI=1S/C43H26N6/c1-26-29-16-8-9-17-30(29)34-23-40-35(22-33(26)34)31-18-10-11-19-38(31)49(40)39-21-20-32(36(24-44)37(39)25-45)43-47-41(27-12-4-2-5-13-27)46-42(48-43)28-14-6-3-7-15-28/h2-23,26H,1H3. The highest BCUT2D eigenvalue weighted by Crippen LogP contribution is 2.48. The molecule has 0 bridgehead atoms. The molecule has 0 radical (unpaired) electrons. The zero-order chi connectivity index (χ0) is 33.1. The van der Waals surface area contributed by atoms with Crippen LogP contribution in [0.5, 0.6) is 0 Å². The van der Waals surface area contributed by atoms with Crippen LogP contribution in [0.25, 0.3) is 72.8 Å². The Hall–Kier alpha value is -6.89. The largest absolute Gasteiger partial charge is 0.308 e. The summed E-state index contributed by atoms with van der Waals surface area (Å²) in [7, 11) is 0. The second kappa shape index (κ2) is 11.1. The number of para-hydroxylation sites is 1. The molecule has 0 saturated heterocycles. The van der Waals surface area contributed by atoms with Crippen molar-refractivity contribution >= 4 is 21.8 Å². The van der Waals surface area contributed by atoms with Crippen molar-refractivity contribution < 1.29 is 0 Å². The van der Waals surface area contributed by atoms with Crippen LogP contribution in [-0.4, -0.2) is 19.5 Å². The number of benzene rings is 6. The minimum absolute atomic E-state index is 0.218. The van der Waals surface area contributed by atoms with Gasteiger partial charge in [0.25, 0.3) is 0 Å². The Labute approximate surface area is 282 Å². The fourth-order valence-electron chi connectivity index (χ4n) is 7.29. The van der Waals surface area contributed by atoms with E-state index in [1.165, 1.54) is 22.3 Å². The fraction of sp³-hybridized carbons (Fsp3) is 0.0465. The average Bonchev–Trinajstić information content (AvgIpc) is 3.64. The molecule has 0 N–H and O–H groups in total. The molecule has 0 fully saturated rings. The van der Waals surface area contributed by atoms with E-state index in [0.717, 1.165) is 32.9 Å². The highest BCUT2D eigenvalue weighted by atomic mass is 15.0. The van der Waals surface area contributed by atoms with E-state index >= 15 is 0 Å². The van der Waals surface area contributed by atoms with Crippen LogP contribution in [0, 0.1) is 22.7 Å². The van der Waals surface area contributed by atoms with Gasteiger partial charge in [-0.25, -0.2) is 15.0 Å². The third-order valence-electron chi connectivity index (χ3n) is 9.62. The van der Waals surface area contributed by atoms with Crippen LogP contribution in [0.2, 0.25) is 0 Å². The lowest BCUT2D eigenvalue weighted by Gasteiger charge is -2.15. The Morgan fingerprint density at radius 2 is 1.12 bits per heavy atom. The van der Waals surface area contributed by atoms with E-state index in [0.29, 0.717) is 28.7 Å². The predicted octanol–water partition coefficient (Wildman–Crippen LogP) is 9.85. The number of nitrogens with zero attached hydrogens (tertiary/aromatic N) is 6. The maximum Gasteiger partial charge on any atom is 0.165 e. The SMILES string of the molecule is CC1c2ccccc2-c2cc3c(cc21)c1ccccc1n3-c1ccc(-c2nc(-c3ccccc3)nc(-c3ccccc3)n2)c(C#N)c1C#N. The number of rotatable bonds is 4. The molecule has 49 heavy (non-hydrogen) atoms. The van der Waals surface area contributed by atoms with Gasteiger partial charge in [-0.05, 0) is 52.6 Å². The number of hydrogen-bond acceptors (Lipinski definition) is 5. The monoisotopic (exact) mass is 626 g/mol. The molecule has 0 amide bonds. The number of fused-ring (bicyclic) bond motifs is 6. The molecule has 0 spiro atoms. The normalized spacial score (nSPS) is 13.2. The summed E-state index contributed by atoms with van der Waals surface area (Å²) in [6, 6.07) is 49.3. The van der Waals surface area contributed by atoms with E-state index in [1.54, 1.807) is 0 Å². The molecule has 1 atom stereocenters. The molecule has 228 valence electrons. The van der Waals surface area contributed by atoms with Crippen LogP contribution in [0.15, 0.2) is 133 Å². The van der Waals surface area contributed by atoms with Gasteiger partial charge in [-0.2, -0.15) is 10.5 Å². The smallest absolute Gasteiger partial charge is 0.165 e. The summed E-state index contributed by atoms with van der Waals surface area (Å²) in [5.41, 5.74) is 10.2. The van der Waals surface area contributed by atoms with Crippen molar-refractivity contribution in [1.82, 2.24) is 19.5 Å². The molecule has 2 heterocycles. The van der Waals surface area contributed by atoms with E-state index < -0.39 is 0 Å². The summed E-state index contributed by atoms with van der Waals surface area (Å²) in [5, 5.41) is 23.7. The third-order valence-corrected chi connectivity index (χ3v) is 9.62. The molecule has 8 aromatic rings. The van der Waals surface area contributed by atoms with Gasteiger partial charge in [0.2, 0.25) is 0 Å². The molecule has 0 aliphatic heterocycles. The second-order valence-corrected chi connectivity index (χ2v) is 12.3. The first-order chi connectivity index (χ1) is 24.1. The van der Waals surface area contributed by atoms with Gasteiger partial charge in [0.05, 0.1) is 27.8 Å². The van der Waals surface area contributed by atoms with Gasteiger partial charge in [-0.15, -0.1) is 0 Å². The summed E-state index contributed by atoms with van der Waals surface area (Å²) in [6.07, 6.45) is 0. The van der Waals surface area contributed by atoms with Crippen molar-refractivity contribution in [2.45, 2.75) is 12.8 Å². The van der Waals surface area contributed by atoms with Crippen LogP contribution in [0.1, 0.15) is 35.1 Å². The molecule has 1 aliphatic rings. The minimum Gasteiger partial charge on any atom is -0.308 e. The van der Waals surface area contributed by atoms with E-state index in [-0.39, 0.29) is 17.0 Å². The van der Waals surface area contributed by atoms with Crippen molar-refractivity contribution in [2.75, 3.05) is 0 Å². The molecule has 6 nitrogen and oxygen atoms in total. The van der Waals surface area contributed by atoms with Crippen molar-refractivity contribution in [2.24, 2.45) is 0 Å². The Morgan fingerprint density at radius 1 is 0.510 bits per heavy atom. The maximum absolute atomic E-state index is 10.8. The summed E-state index contributed by atoms with van der Waals surface area (Å²) in [4.78, 5) is 14.5. The summed E-state index contributed by atoms with van der Waals surface area (Å²) >= 11 is 0. The molecule has 2 aromatic heterocycles. The van der Waals surface area contributed by atoms with Crippen LogP contribution in [-0.2, 0) is 0 Å². The Bertz CT molecular complexity index is 2640. The number of nitriles is 2. The quantitative estimate of drug-likeness (QED) is 0.194. The first kappa shape index (κ1) is 28.3. The van der Waals surface area contributed by atoms with Crippen LogP contribution < -0.4 is 0 Å². The highest BCUT2D eigenvalue weighted by Gasteiger charge is 2.28. The topological polar surface area (TPSA) is 91.2 Å². The molecule has 0 saturated carbocycles. The molecular weight excluding hydrogens is 601 g/mol. The van der Waals surface area contributed by atoms with Gasteiger partial charge in [0.15, 0.2) is 17.5 Å². The van der Waals surface area contributed by atoms with Gasteiger partial charge in [-0.1, -0.05) is 110 Å². The van der Waals surface area contributed by atoms with Gasteiger partial charge in [0.1, 0.15) is 12.1 Å². The Kier molecular flexibility index (Phi) is 6.43. The molecule has 6 aromatic carbocycles. The Morgan fingerprint density at radius 3 is 1.82 bits per heavy atom. The van der Waals surface area contributed by atoms with E-state index in [2.05, 4.69) is 72.2 Å². The van der Waals surface area contributed by atoms with Gasteiger partial charge in [-0.3, -0.25) is 0 Å². The van der Waals surface area contributed by atoms with Crippen LogP contribution in [0.4, 0.5) is 0 Å². The molecular formula is C43H26N6. The van der Waals surface area contributed by atoms with E-state index in [9.17, 15) is 10.5 Å². The van der Waals surface area contributed by atoms with Crippen molar-refractivity contribution in [3.63, 3.8) is 0 Å². The maximum atomic E-state index is 10.8. The van der Waals surface area contributed by atoms with Crippen molar-refractivity contribution in [3.8, 4) is 63.1 Å².